The van der Waals surface area contributed by atoms with Gasteiger partial charge >= 0.3 is 0 Å². The van der Waals surface area contributed by atoms with Crippen LogP contribution in [0.4, 0.5) is 0 Å². The third-order valence-electron chi connectivity index (χ3n) is 4.88. The summed E-state index contributed by atoms with van der Waals surface area (Å²) in [5.74, 6) is 0.904. The van der Waals surface area contributed by atoms with Gasteiger partial charge in [-0.15, -0.1) is 0 Å². The summed E-state index contributed by atoms with van der Waals surface area (Å²) in [4.78, 5) is 27.0. The Kier molecular flexibility index (Phi) is 6.67. The van der Waals surface area contributed by atoms with Gasteiger partial charge in [-0.1, -0.05) is 40.2 Å². The largest absolute Gasteiger partial charge is 0.494 e. The molecule has 5 heteroatoms. The summed E-state index contributed by atoms with van der Waals surface area (Å²) in [6.45, 7) is 3.35. The number of rotatable bonds is 7. The van der Waals surface area contributed by atoms with Crippen LogP contribution in [0.1, 0.15) is 54.6 Å². The van der Waals surface area contributed by atoms with Crippen molar-refractivity contribution in [2.24, 2.45) is 0 Å². The molecule has 0 spiro atoms. The summed E-state index contributed by atoms with van der Waals surface area (Å²) >= 11 is 3.36. The summed E-state index contributed by atoms with van der Waals surface area (Å²) in [5, 5.41) is 0. The Labute approximate surface area is 168 Å². The average Bonchev–Trinajstić information content (AvgIpc) is 3.17. The molecule has 2 aromatic rings. The molecule has 1 heterocycles. The molecule has 0 aromatic heterocycles. The van der Waals surface area contributed by atoms with E-state index >= 15 is 0 Å². The molecule has 1 aliphatic heterocycles. The highest BCUT2D eigenvalue weighted by Gasteiger charge is 2.29. The van der Waals surface area contributed by atoms with Crippen molar-refractivity contribution >= 4 is 27.6 Å². The average molecular weight is 430 g/mol. The predicted octanol–water partition coefficient (Wildman–Crippen LogP) is 5.17. The second kappa shape index (κ2) is 9.18. The molecule has 142 valence electrons. The lowest BCUT2D eigenvalue weighted by atomic mass is 10.0. The van der Waals surface area contributed by atoms with Crippen LogP contribution in [0.25, 0.3) is 0 Å². The van der Waals surface area contributed by atoms with E-state index in [-0.39, 0.29) is 30.6 Å². The molecule has 1 fully saturated rings. The van der Waals surface area contributed by atoms with E-state index in [1.165, 1.54) is 0 Å². The van der Waals surface area contributed by atoms with Crippen LogP contribution < -0.4 is 4.74 Å². The third-order valence-corrected chi connectivity index (χ3v) is 5.41. The Morgan fingerprint density at radius 1 is 1.07 bits per heavy atom. The highest BCUT2D eigenvalue weighted by atomic mass is 79.9. The zero-order valence-corrected chi connectivity index (χ0v) is 17.1. The van der Waals surface area contributed by atoms with Gasteiger partial charge in [0.05, 0.1) is 12.6 Å². The normalized spacial score (nSPS) is 16.4. The first-order valence-electron chi connectivity index (χ1n) is 9.39. The minimum absolute atomic E-state index is 0.00710. The van der Waals surface area contributed by atoms with Gasteiger partial charge in [0.2, 0.25) is 5.91 Å². The quantitative estimate of drug-likeness (QED) is 0.569. The van der Waals surface area contributed by atoms with E-state index in [2.05, 4.69) is 15.9 Å². The Balaban J connectivity index is 1.59. The maximum Gasteiger partial charge on any atom is 0.223 e. The lowest BCUT2D eigenvalue weighted by molar-refractivity contribution is -0.132. The van der Waals surface area contributed by atoms with Gasteiger partial charge in [-0.2, -0.15) is 0 Å². The highest BCUT2D eigenvalue weighted by Crippen LogP contribution is 2.33. The van der Waals surface area contributed by atoms with Crippen LogP contribution in [0.3, 0.4) is 0 Å². The Morgan fingerprint density at radius 3 is 2.44 bits per heavy atom. The van der Waals surface area contributed by atoms with Crippen molar-refractivity contribution in [1.29, 1.82) is 0 Å². The van der Waals surface area contributed by atoms with Gasteiger partial charge in [0.15, 0.2) is 5.78 Å². The zero-order chi connectivity index (χ0) is 19.2. The number of ketones is 1. The number of nitrogens with zero attached hydrogens (tertiary/aromatic N) is 1. The number of hydrogen-bond donors (Lipinski definition) is 0. The summed E-state index contributed by atoms with van der Waals surface area (Å²) < 4.78 is 6.43. The number of amides is 1. The van der Waals surface area contributed by atoms with Crippen molar-refractivity contribution in [2.75, 3.05) is 13.2 Å². The van der Waals surface area contributed by atoms with Gasteiger partial charge in [0, 0.05) is 29.4 Å². The topological polar surface area (TPSA) is 46.6 Å². The number of likely N-dealkylation sites (tertiary alicyclic amines) is 1. The fourth-order valence-corrected chi connectivity index (χ4v) is 3.77. The molecule has 0 bridgehead atoms. The van der Waals surface area contributed by atoms with Gasteiger partial charge < -0.3 is 9.64 Å². The second-order valence-electron chi connectivity index (χ2n) is 6.68. The number of benzene rings is 2. The van der Waals surface area contributed by atoms with Crippen molar-refractivity contribution in [3.63, 3.8) is 0 Å². The van der Waals surface area contributed by atoms with Crippen molar-refractivity contribution < 1.29 is 14.3 Å². The first-order chi connectivity index (χ1) is 13.1. The maximum atomic E-state index is 12.7. The lowest BCUT2D eigenvalue weighted by Gasteiger charge is -2.25. The van der Waals surface area contributed by atoms with Crippen molar-refractivity contribution in [1.82, 2.24) is 4.90 Å². The van der Waals surface area contributed by atoms with Crippen LogP contribution in [0.15, 0.2) is 53.0 Å². The van der Waals surface area contributed by atoms with E-state index in [1.54, 1.807) is 12.1 Å². The molecule has 1 amide bonds. The van der Waals surface area contributed by atoms with E-state index in [4.69, 9.17) is 4.74 Å². The molecular weight excluding hydrogens is 406 g/mol. The Bertz CT molecular complexity index is 786. The van der Waals surface area contributed by atoms with Crippen molar-refractivity contribution in [3.05, 3.63) is 64.1 Å². The number of Topliss-reactive ketones (excluding diaryl/α,β-unsaturated/α-hetero) is 1. The molecule has 0 N–H and O–H groups in total. The van der Waals surface area contributed by atoms with Gasteiger partial charge in [0.1, 0.15) is 5.75 Å². The number of halogens is 1. The van der Waals surface area contributed by atoms with Gasteiger partial charge in [-0.25, -0.2) is 0 Å². The van der Waals surface area contributed by atoms with E-state index < -0.39 is 0 Å². The van der Waals surface area contributed by atoms with Gasteiger partial charge in [-0.3, -0.25) is 9.59 Å². The minimum Gasteiger partial charge on any atom is -0.494 e. The number of carbonyl (C=O) groups is 2. The van der Waals surface area contributed by atoms with E-state index in [0.717, 1.165) is 35.2 Å². The fraction of sp³-hybridized carbons (Fsp3) is 0.364. The molecule has 0 radical (unpaired) electrons. The van der Waals surface area contributed by atoms with Crippen LogP contribution in [0.5, 0.6) is 5.75 Å². The molecule has 0 aliphatic carbocycles. The number of carbonyl (C=O) groups excluding carboxylic acids is 2. The number of hydrogen-bond acceptors (Lipinski definition) is 3. The molecule has 3 rings (SSSR count). The monoisotopic (exact) mass is 429 g/mol. The van der Waals surface area contributed by atoms with Crippen LogP contribution in [-0.4, -0.2) is 29.7 Å². The molecule has 4 nitrogen and oxygen atoms in total. The Hall–Kier alpha value is -2.14. The maximum absolute atomic E-state index is 12.7. The summed E-state index contributed by atoms with van der Waals surface area (Å²) in [5.41, 5.74) is 1.78. The summed E-state index contributed by atoms with van der Waals surface area (Å²) in [6, 6.07) is 15.3. The molecule has 1 atom stereocenters. The van der Waals surface area contributed by atoms with Crippen LogP contribution in [-0.2, 0) is 4.79 Å². The summed E-state index contributed by atoms with van der Waals surface area (Å²) in [6.07, 6.45) is 2.44. The van der Waals surface area contributed by atoms with Crippen molar-refractivity contribution in [2.45, 2.75) is 38.6 Å². The Morgan fingerprint density at radius 2 is 1.78 bits per heavy atom. The van der Waals surface area contributed by atoms with Crippen LogP contribution in [0, 0.1) is 0 Å². The molecule has 0 unspecified atom stereocenters. The molecular formula is C22H24BrNO3. The van der Waals surface area contributed by atoms with Gasteiger partial charge in [-0.05, 0) is 49.6 Å². The SMILES string of the molecule is CCOc1ccc([C@H]2CCCN2C(=O)CCC(=O)c2ccc(Br)cc2)cc1. The third kappa shape index (κ3) is 4.98. The summed E-state index contributed by atoms with van der Waals surface area (Å²) in [7, 11) is 0. The molecule has 2 aromatic carbocycles. The predicted molar refractivity (Wildman–Crippen MR) is 109 cm³/mol. The number of ether oxygens (including phenoxy) is 1. The van der Waals surface area contributed by atoms with E-state index in [0.29, 0.717) is 12.2 Å². The lowest BCUT2D eigenvalue weighted by Crippen LogP contribution is -2.30. The standard InChI is InChI=1S/C22H24BrNO3/c1-2-27-19-11-7-16(8-12-19)20-4-3-15-24(20)22(26)14-13-21(25)17-5-9-18(23)10-6-17/h5-12,20H,2-4,13-15H2,1H3/t20-/m1/s1. The smallest absolute Gasteiger partial charge is 0.223 e. The highest BCUT2D eigenvalue weighted by molar-refractivity contribution is 9.10. The minimum atomic E-state index is 0.00710. The van der Waals surface area contributed by atoms with Crippen LogP contribution in [0.2, 0.25) is 0 Å². The van der Waals surface area contributed by atoms with Crippen LogP contribution >= 0.6 is 15.9 Å². The second-order valence-corrected chi connectivity index (χ2v) is 7.59. The first kappa shape index (κ1) is 19.6. The first-order valence-corrected chi connectivity index (χ1v) is 10.2. The van der Waals surface area contributed by atoms with Gasteiger partial charge in [0.25, 0.3) is 0 Å². The molecule has 0 saturated carbocycles. The molecule has 1 saturated heterocycles. The molecule has 1 aliphatic rings. The van der Waals surface area contributed by atoms with E-state index in [9.17, 15) is 9.59 Å². The molecule has 27 heavy (non-hydrogen) atoms. The van der Waals surface area contributed by atoms with Crippen molar-refractivity contribution in [3.8, 4) is 5.75 Å². The zero-order valence-electron chi connectivity index (χ0n) is 15.5. The fourth-order valence-electron chi connectivity index (χ4n) is 3.51. The van der Waals surface area contributed by atoms with E-state index in [1.807, 2.05) is 48.2 Å².